The number of nitrogens with zero attached hydrogens (tertiary/aromatic N) is 1. The van der Waals surface area contributed by atoms with Crippen LogP contribution in [0.1, 0.15) is 29.8 Å². The van der Waals surface area contributed by atoms with Crippen LogP contribution in [0.4, 0.5) is 0 Å². The first-order valence-corrected chi connectivity index (χ1v) is 7.22. The topological polar surface area (TPSA) is 34.2 Å². The minimum absolute atomic E-state index is 0.352. The van der Waals surface area contributed by atoms with Gasteiger partial charge in [0.2, 0.25) is 0 Å². The average Bonchev–Trinajstić information content (AvgIpc) is 2.63. The largest absolute Gasteiger partial charge is 0.455 e. The number of hydrogen-bond donors (Lipinski definition) is 1. The van der Waals surface area contributed by atoms with Crippen LogP contribution in [0.25, 0.3) is 0 Å². The number of rotatable bonds is 3. The Balaban J connectivity index is 2.08. The molecule has 2 heterocycles. The number of hydrogen-bond acceptors (Lipinski definition) is 3. The lowest BCUT2D eigenvalue weighted by Gasteiger charge is -2.16. The molecule has 3 heteroatoms. The minimum atomic E-state index is 0.352. The Morgan fingerprint density at radius 1 is 1.20 bits per heavy atom. The van der Waals surface area contributed by atoms with Gasteiger partial charge >= 0.3 is 0 Å². The zero-order valence-electron chi connectivity index (χ0n) is 12.0. The lowest BCUT2D eigenvalue weighted by atomic mass is 9.95. The van der Waals surface area contributed by atoms with E-state index in [2.05, 4.69) is 36.5 Å². The first kappa shape index (κ1) is 13.1. The Labute approximate surface area is 120 Å². The molecule has 1 aliphatic heterocycles. The van der Waals surface area contributed by atoms with Gasteiger partial charge in [0.05, 0.1) is 5.69 Å². The summed E-state index contributed by atoms with van der Waals surface area (Å²) in [7, 11) is 1.99. The molecule has 0 amide bonds. The van der Waals surface area contributed by atoms with Crippen molar-refractivity contribution in [3.05, 3.63) is 53.3 Å². The molecule has 3 nitrogen and oxygen atoms in total. The van der Waals surface area contributed by atoms with E-state index in [0.29, 0.717) is 5.92 Å². The lowest BCUT2D eigenvalue weighted by Crippen LogP contribution is -2.20. The second-order valence-corrected chi connectivity index (χ2v) is 5.21. The van der Waals surface area contributed by atoms with Crippen molar-refractivity contribution in [2.24, 2.45) is 0 Å². The maximum Gasteiger partial charge on any atom is 0.149 e. The van der Waals surface area contributed by atoms with Crippen LogP contribution in [0.2, 0.25) is 0 Å². The van der Waals surface area contributed by atoms with Gasteiger partial charge in [-0.25, -0.2) is 0 Å². The number of pyridine rings is 1. The molecular formula is C17H20N2O. The molecule has 0 unspecified atom stereocenters. The third-order valence-electron chi connectivity index (χ3n) is 3.80. The van der Waals surface area contributed by atoms with Gasteiger partial charge in [-0.2, -0.15) is 0 Å². The van der Waals surface area contributed by atoms with E-state index >= 15 is 0 Å². The molecule has 0 bridgehead atoms. The van der Waals surface area contributed by atoms with Crippen LogP contribution in [-0.2, 0) is 12.8 Å². The first-order chi connectivity index (χ1) is 9.81. The Hall–Kier alpha value is -1.87. The maximum atomic E-state index is 6.09. The summed E-state index contributed by atoms with van der Waals surface area (Å²) in [4.78, 5) is 4.81. The Bertz CT molecular complexity index is 610. The minimum Gasteiger partial charge on any atom is -0.455 e. The number of ether oxygens (including phenoxy) is 1. The molecule has 20 heavy (non-hydrogen) atoms. The molecule has 3 rings (SSSR count). The molecule has 2 aromatic rings. The summed E-state index contributed by atoms with van der Waals surface area (Å²) in [6.07, 6.45) is 1.91. The van der Waals surface area contributed by atoms with Crippen LogP contribution in [0.5, 0.6) is 11.5 Å². The molecular weight excluding hydrogens is 248 g/mol. The summed E-state index contributed by atoms with van der Waals surface area (Å²) in [5, 5.41) is 3.28. The van der Waals surface area contributed by atoms with E-state index in [4.69, 9.17) is 9.72 Å². The van der Waals surface area contributed by atoms with Gasteiger partial charge in [-0.3, -0.25) is 4.98 Å². The number of likely N-dealkylation sites (N-methyl/N-ethyl adjacent to an activating group) is 1. The van der Waals surface area contributed by atoms with Crippen molar-refractivity contribution in [1.82, 2.24) is 10.3 Å². The average molecular weight is 268 g/mol. The summed E-state index contributed by atoms with van der Waals surface area (Å²) in [6.45, 7) is 3.04. The van der Waals surface area contributed by atoms with E-state index in [1.54, 1.807) is 0 Å². The van der Waals surface area contributed by atoms with E-state index in [0.717, 1.165) is 42.3 Å². The van der Waals surface area contributed by atoms with Gasteiger partial charge in [0.15, 0.2) is 0 Å². The van der Waals surface area contributed by atoms with Crippen LogP contribution in [0.15, 0.2) is 36.4 Å². The van der Waals surface area contributed by atoms with Crippen LogP contribution in [0.3, 0.4) is 0 Å². The number of benzene rings is 1. The van der Waals surface area contributed by atoms with Crippen LogP contribution >= 0.6 is 0 Å². The zero-order valence-corrected chi connectivity index (χ0v) is 12.0. The zero-order chi connectivity index (χ0) is 13.9. The van der Waals surface area contributed by atoms with Crippen molar-refractivity contribution in [1.29, 1.82) is 0 Å². The van der Waals surface area contributed by atoms with Gasteiger partial charge in [0, 0.05) is 18.2 Å². The van der Waals surface area contributed by atoms with Crippen molar-refractivity contribution >= 4 is 0 Å². The van der Waals surface area contributed by atoms with E-state index < -0.39 is 0 Å². The molecule has 1 aromatic heterocycles. The number of para-hydroxylation sites is 1. The van der Waals surface area contributed by atoms with E-state index in [9.17, 15) is 0 Å². The Morgan fingerprint density at radius 2 is 2.05 bits per heavy atom. The SMILES string of the molecule is CCc1ccc2c(n1)[C@@H](CNC)Cc1ccccc1O2. The number of fused-ring (bicyclic) bond motifs is 2. The third-order valence-corrected chi connectivity index (χ3v) is 3.80. The molecule has 1 N–H and O–H groups in total. The molecule has 0 spiro atoms. The Morgan fingerprint density at radius 3 is 2.85 bits per heavy atom. The van der Waals surface area contributed by atoms with Crippen molar-refractivity contribution in [3.8, 4) is 11.5 Å². The summed E-state index contributed by atoms with van der Waals surface area (Å²) in [5.41, 5.74) is 3.46. The van der Waals surface area contributed by atoms with Crippen molar-refractivity contribution in [2.75, 3.05) is 13.6 Å². The summed E-state index contributed by atoms with van der Waals surface area (Å²) in [6, 6.07) is 12.4. The van der Waals surface area contributed by atoms with Crippen molar-refractivity contribution < 1.29 is 4.74 Å². The van der Waals surface area contributed by atoms with E-state index in [1.807, 2.05) is 19.2 Å². The third kappa shape index (κ3) is 2.41. The summed E-state index contributed by atoms with van der Waals surface area (Å²) >= 11 is 0. The van der Waals surface area contributed by atoms with Crippen LogP contribution < -0.4 is 10.1 Å². The normalized spacial score (nSPS) is 16.8. The van der Waals surface area contributed by atoms with Crippen LogP contribution in [-0.4, -0.2) is 18.6 Å². The highest BCUT2D eigenvalue weighted by Gasteiger charge is 2.24. The van der Waals surface area contributed by atoms with Gasteiger partial charge in [-0.05, 0) is 43.7 Å². The number of nitrogens with one attached hydrogen (secondary N) is 1. The molecule has 1 atom stereocenters. The second-order valence-electron chi connectivity index (χ2n) is 5.21. The fourth-order valence-corrected chi connectivity index (χ4v) is 2.75. The lowest BCUT2D eigenvalue weighted by molar-refractivity contribution is 0.473. The molecule has 104 valence electrons. The molecule has 1 aromatic carbocycles. The highest BCUT2D eigenvalue weighted by molar-refractivity contribution is 5.45. The molecule has 0 radical (unpaired) electrons. The second kappa shape index (κ2) is 5.63. The molecule has 0 saturated heterocycles. The molecule has 1 aliphatic rings. The van der Waals surface area contributed by atoms with Crippen molar-refractivity contribution in [2.45, 2.75) is 25.7 Å². The van der Waals surface area contributed by atoms with Gasteiger partial charge < -0.3 is 10.1 Å². The quantitative estimate of drug-likeness (QED) is 0.927. The highest BCUT2D eigenvalue weighted by Crippen LogP contribution is 2.38. The van der Waals surface area contributed by atoms with E-state index in [1.165, 1.54) is 5.56 Å². The molecule has 0 aliphatic carbocycles. The summed E-state index contributed by atoms with van der Waals surface area (Å²) < 4.78 is 6.09. The monoisotopic (exact) mass is 268 g/mol. The Kier molecular flexibility index (Phi) is 3.70. The molecule has 0 saturated carbocycles. The summed E-state index contributed by atoms with van der Waals surface area (Å²) in [5.74, 6) is 2.20. The standard InChI is InChI=1S/C17H20N2O/c1-3-14-8-9-16-17(19-14)13(11-18-2)10-12-6-4-5-7-15(12)20-16/h4-9,13,18H,3,10-11H2,1-2H3/t13-/m1/s1. The van der Waals surface area contributed by atoms with Gasteiger partial charge in [0.1, 0.15) is 11.5 Å². The first-order valence-electron chi connectivity index (χ1n) is 7.22. The van der Waals surface area contributed by atoms with Gasteiger partial charge in [-0.1, -0.05) is 25.1 Å². The maximum absolute atomic E-state index is 6.09. The fraction of sp³-hybridized carbons (Fsp3) is 0.353. The van der Waals surface area contributed by atoms with Crippen molar-refractivity contribution in [3.63, 3.8) is 0 Å². The predicted octanol–water partition coefficient (Wildman–Crippen LogP) is 3.30. The predicted molar refractivity (Wildman–Crippen MR) is 80.5 cm³/mol. The highest BCUT2D eigenvalue weighted by atomic mass is 16.5. The van der Waals surface area contributed by atoms with Crippen LogP contribution in [0, 0.1) is 0 Å². The smallest absolute Gasteiger partial charge is 0.149 e. The van der Waals surface area contributed by atoms with Gasteiger partial charge in [-0.15, -0.1) is 0 Å². The van der Waals surface area contributed by atoms with E-state index in [-0.39, 0.29) is 0 Å². The van der Waals surface area contributed by atoms with Gasteiger partial charge in [0.25, 0.3) is 0 Å². The molecule has 0 fully saturated rings. The fourth-order valence-electron chi connectivity index (χ4n) is 2.75. The number of aromatic nitrogens is 1. The number of aryl methyl sites for hydroxylation is 1.